The number of hydrogen-bond acceptors (Lipinski definition) is 4. The van der Waals surface area contributed by atoms with Gasteiger partial charge in [-0.15, -0.1) is 24.8 Å². The number of aromatic nitrogens is 1. The molecule has 7 heteroatoms. The first kappa shape index (κ1) is 17.0. The largest absolute Gasteiger partial charge is 0.494 e. The highest BCUT2D eigenvalue weighted by molar-refractivity contribution is 5.94. The van der Waals surface area contributed by atoms with Gasteiger partial charge in [0.25, 0.3) is 0 Å². The maximum atomic E-state index is 11.8. The maximum absolute atomic E-state index is 11.8. The van der Waals surface area contributed by atoms with E-state index in [2.05, 4.69) is 15.6 Å². The SMILES string of the molecule is COc1ccncc1NC(=O)C1CCNC1.Cl.Cl. The van der Waals surface area contributed by atoms with Gasteiger partial charge in [-0.1, -0.05) is 0 Å². The zero-order valence-corrected chi connectivity index (χ0v) is 11.6. The van der Waals surface area contributed by atoms with Crippen molar-refractivity contribution < 1.29 is 9.53 Å². The number of amides is 1. The third kappa shape index (κ3) is 4.01. The molecule has 2 heterocycles. The molecular formula is C11H17Cl2N3O2. The summed E-state index contributed by atoms with van der Waals surface area (Å²) in [5.41, 5.74) is 0.627. The van der Waals surface area contributed by atoms with Crippen molar-refractivity contribution in [3.8, 4) is 5.75 Å². The first-order valence-corrected chi connectivity index (χ1v) is 5.31. The van der Waals surface area contributed by atoms with Crippen LogP contribution in [0, 0.1) is 5.92 Å². The Labute approximate surface area is 119 Å². The number of methoxy groups -OCH3 is 1. The van der Waals surface area contributed by atoms with E-state index in [9.17, 15) is 4.79 Å². The normalized spacial score (nSPS) is 17.3. The molecule has 1 aliphatic rings. The van der Waals surface area contributed by atoms with Gasteiger partial charge in [-0.2, -0.15) is 0 Å². The number of carbonyl (C=O) groups excluding carboxylic acids is 1. The van der Waals surface area contributed by atoms with Crippen LogP contribution in [0.2, 0.25) is 0 Å². The predicted molar refractivity (Wildman–Crippen MR) is 74.9 cm³/mol. The van der Waals surface area contributed by atoms with Crippen LogP contribution < -0.4 is 15.4 Å². The molecule has 1 aromatic rings. The Balaban J connectivity index is 0.00000144. The van der Waals surface area contributed by atoms with Gasteiger partial charge in [0.2, 0.25) is 5.91 Å². The number of nitrogens with one attached hydrogen (secondary N) is 2. The number of anilines is 1. The molecule has 0 saturated carbocycles. The van der Waals surface area contributed by atoms with Crippen molar-refractivity contribution in [2.45, 2.75) is 6.42 Å². The van der Waals surface area contributed by atoms with Crippen LogP contribution in [0.15, 0.2) is 18.5 Å². The first-order chi connectivity index (χ1) is 7.81. The van der Waals surface area contributed by atoms with Crippen LogP contribution in [0.25, 0.3) is 0 Å². The standard InChI is InChI=1S/C11H15N3O2.2ClH/c1-16-10-3-5-13-7-9(10)14-11(15)8-2-4-12-6-8;;/h3,5,7-8,12H,2,4,6H2,1H3,(H,14,15);2*1H. The van der Waals surface area contributed by atoms with Crippen molar-refractivity contribution in [2.24, 2.45) is 5.92 Å². The first-order valence-electron chi connectivity index (χ1n) is 5.31. The zero-order valence-electron chi connectivity index (χ0n) is 10.0. The van der Waals surface area contributed by atoms with Crippen LogP contribution in [0.5, 0.6) is 5.75 Å². The molecule has 1 fully saturated rings. The van der Waals surface area contributed by atoms with Gasteiger partial charge in [0.1, 0.15) is 11.4 Å². The highest BCUT2D eigenvalue weighted by Gasteiger charge is 2.23. The fourth-order valence-corrected chi connectivity index (χ4v) is 1.77. The summed E-state index contributed by atoms with van der Waals surface area (Å²) in [7, 11) is 1.57. The Morgan fingerprint density at radius 3 is 2.94 bits per heavy atom. The Morgan fingerprint density at radius 1 is 1.56 bits per heavy atom. The van der Waals surface area contributed by atoms with Gasteiger partial charge < -0.3 is 15.4 Å². The Hall–Kier alpha value is -1.04. The minimum Gasteiger partial charge on any atom is -0.494 e. The van der Waals surface area contributed by atoms with E-state index in [1.165, 1.54) is 0 Å². The van der Waals surface area contributed by atoms with E-state index in [0.717, 1.165) is 19.5 Å². The molecule has 1 aromatic heterocycles. The lowest BCUT2D eigenvalue weighted by Crippen LogP contribution is -2.24. The van der Waals surface area contributed by atoms with E-state index in [1.54, 1.807) is 25.6 Å². The fourth-order valence-electron chi connectivity index (χ4n) is 1.77. The summed E-state index contributed by atoms with van der Waals surface area (Å²) in [5.74, 6) is 0.704. The van der Waals surface area contributed by atoms with Gasteiger partial charge in [-0.25, -0.2) is 0 Å². The Kier molecular flexibility index (Phi) is 7.66. The van der Waals surface area contributed by atoms with Crippen molar-refractivity contribution in [3.05, 3.63) is 18.5 Å². The molecule has 2 rings (SSSR count). The van der Waals surface area contributed by atoms with E-state index < -0.39 is 0 Å². The summed E-state index contributed by atoms with van der Waals surface area (Å²) in [4.78, 5) is 15.8. The van der Waals surface area contributed by atoms with Crippen LogP contribution in [0.4, 0.5) is 5.69 Å². The maximum Gasteiger partial charge on any atom is 0.228 e. The number of rotatable bonds is 3. The van der Waals surface area contributed by atoms with E-state index in [-0.39, 0.29) is 36.6 Å². The van der Waals surface area contributed by atoms with Crippen LogP contribution in [-0.4, -0.2) is 31.1 Å². The Morgan fingerprint density at radius 2 is 2.33 bits per heavy atom. The molecule has 0 spiro atoms. The second-order valence-corrected chi connectivity index (χ2v) is 3.75. The van der Waals surface area contributed by atoms with E-state index in [0.29, 0.717) is 11.4 Å². The predicted octanol–water partition coefficient (Wildman–Crippen LogP) is 1.48. The smallest absolute Gasteiger partial charge is 0.228 e. The molecule has 102 valence electrons. The Bertz CT molecular complexity index is 384. The van der Waals surface area contributed by atoms with E-state index in [1.807, 2.05) is 0 Å². The van der Waals surface area contributed by atoms with Crippen LogP contribution in [0.3, 0.4) is 0 Å². The fraction of sp³-hybridized carbons (Fsp3) is 0.455. The van der Waals surface area contributed by atoms with Crippen molar-refractivity contribution in [3.63, 3.8) is 0 Å². The molecule has 1 unspecified atom stereocenters. The van der Waals surface area contributed by atoms with Gasteiger partial charge >= 0.3 is 0 Å². The summed E-state index contributed by atoms with van der Waals surface area (Å²) in [6.45, 7) is 1.65. The molecule has 0 aliphatic carbocycles. The lowest BCUT2D eigenvalue weighted by Gasteiger charge is -2.12. The molecule has 0 aromatic carbocycles. The molecule has 0 bridgehead atoms. The lowest BCUT2D eigenvalue weighted by atomic mass is 10.1. The molecule has 1 saturated heterocycles. The average molecular weight is 294 g/mol. The van der Waals surface area contributed by atoms with Crippen LogP contribution >= 0.6 is 24.8 Å². The zero-order chi connectivity index (χ0) is 11.4. The average Bonchev–Trinajstić information content (AvgIpc) is 2.83. The summed E-state index contributed by atoms with van der Waals surface area (Å²) >= 11 is 0. The van der Waals surface area contributed by atoms with E-state index >= 15 is 0 Å². The van der Waals surface area contributed by atoms with Gasteiger partial charge in [0.15, 0.2) is 0 Å². The highest BCUT2D eigenvalue weighted by atomic mass is 35.5. The van der Waals surface area contributed by atoms with Crippen LogP contribution in [-0.2, 0) is 4.79 Å². The summed E-state index contributed by atoms with van der Waals surface area (Å²) in [5, 5.41) is 6.00. The number of pyridine rings is 1. The number of ether oxygens (including phenoxy) is 1. The van der Waals surface area contributed by atoms with Crippen molar-refractivity contribution in [1.82, 2.24) is 10.3 Å². The molecule has 1 atom stereocenters. The topological polar surface area (TPSA) is 63.2 Å². The summed E-state index contributed by atoms with van der Waals surface area (Å²) in [6.07, 6.45) is 4.11. The number of halogens is 2. The second kappa shape index (κ2) is 8.13. The molecular weight excluding hydrogens is 277 g/mol. The summed E-state index contributed by atoms with van der Waals surface area (Å²) in [6, 6.07) is 1.72. The molecule has 2 N–H and O–H groups in total. The number of nitrogens with zero attached hydrogens (tertiary/aromatic N) is 1. The minimum atomic E-state index is 0. The van der Waals surface area contributed by atoms with Gasteiger partial charge in [0.05, 0.1) is 19.2 Å². The second-order valence-electron chi connectivity index (χ2n) is 3.75. The minimum absolute atomic E-state index is 0. The van der Waals surface area contributed by atoms with Crippen LogP contribution in [0.1, 0.15) is 6.42 Å². The molecule has 1 amide bonds. The monoisotopic (exact) mass is 293 g/mol. The molecule has 0 radical (unpaired) electrons. The third-order valence-corrected chi connectivity index (χ3v) is 2.69. The van der Waals surface area contributed by atoms with Gasteiger partial charge in [0, 0.05) is 18.8 Å². The lowest BCUT2D eigenvalue weighted by molar-refractivity contribution is -0.119. The number of hydrogen-bond donors (Lipinski definition) is 2. The van der Waals surface area contributed by atoms with Crippen molar-refractivity contribution >= 4 is 36.4 Å². The van der Waals surface area contributed by atoms with Gasteiger partial charge in [-0.3, -0.25) is 9.78 Å². The summed E-state index contributed by atoms with van der Waals surface area (Å²) < 4.78 is 5.14. The van der Waals surface area contributed by atoms with E-state index in [4.69, 9.17) is 4.74 Å². The molecule has 5 nitrogen and oxygen atoms in total. The van der Waals surface area contributed by atoms with Crippen molar-refractivity contribution in [1.29, 1.82) is 0 Å². The number of carbonyl (C=O) groups is 1. The van der Waals surface area contributed by atoms with Gasteiger partial charge in [-0.05, 0) is 13.0 Å². The molecule has 18 heavy (non-hydrogen) atoms. The van der Waals surface area contributed by atoms with Crippen molar-refractivity contribution in [2.75, 3.05) is 25.5 Å². The molecule has 1 aliphatic heterocycles. The highest BCUT2D eigenvalue weighted by Crippen LogP contribution is 2.23. The third-order valence-electron chi connectivity index (χ3n) is 2.69. The quantitative estimate of drug-likeness (QED) is 0.886.